The number of aromatic nitrogens is 2. The first-order valence-electron chi connectivity index (χ1n) is 6.61. The molecule has 6 heteroatoms. The number of aryl methyl sites for hydroxylation is 1. The van der Waals surface area contributed by atoms with Crippen molar-refractivity contribution in [3.63, 3.8) is 0 Å². The Kier molecular flexibility index (Phi) is 4.68. The van der Waals surface area contributed by atoms with Gasteiger partial charge >= 0.3 is 6.01 Å². The Labute approximate surface area is 117 Å². The quantitative estimate of drug-likeness (QED) is 0.850. The number of benzene rings is 1. The molecule has 0 atom stereocenters. The maximum atomic E-state index is 13.7. The molecule has 108 valence electrons. The molecule has 0 radical (unpaired) electrons. The van der Waals surface area contributed by atoms with Gasteiger partial charge in [-0.05, 0) is 37.1 Å². The second kappa shape index (κ2) is 6.47. The Balaban J connectivity index is 1.95. The summed E-state index contributed by atoms with van der Waals surface area (Å²) >= 11 is 0. The third-order valence-electron chi connectivity index (χ3n) is 2.66. The maximum Gasteiger partial charge on any atom is 0.320 e. The van der Waals surface area contributed by atoms with E-state index in [-0.39, 0.29) is 11.8 Å². The van der Waals surface area contributed by atoms with Gasteiger partial charge in [-0.1, -0.05) is 25.0 Å². The molecule has 0 aliphatic rings. The van der Waals surface area contributed by atoms with Crippen LogP contribution in [0.5, 0.6) is 0 Å². The van der Waals surface area contributed by atoms with Crippen molar-refractivity contribution in [3.05, 3.63) is 35.5 Å². The van der Waals surface area contributed by atoms with Crippen LogP contribution in [0.1, 0.15) is 25.3 Å². The van der Waals surface area contributed by atoms with Gasteiger partial charge in [0.15, 0.2) is 0 Å². The average molecular weight is 278 g/mol. The molecule has 5 nitrogen and oxygen atoms in total. The highest BCUT2D eigenvalue weighted by Gasteiger charge is 2.09. The van der Waals surface area contributed by atoms with E-state index in [2.05, 4.69) is 34.7 Å². The van der Waals surface area contributed by atoms with E-state index < -0.39 is 0 Å². The summed E-state index contributed by atoms with van der Waals surface area (Å²) in [7, 11) is 0. The van der Waals surface area contributed by atoms with Crippen LogP contribution in [0, 0.1) is 18.7 Å². The zero-order valence-electron chi connectivity index (χ0n) is 11.9. The highest BCUT2D eigenvalue weighted by Crippen LogP contribution is 2.19. The second-order valence-electron chi connectivity index (χ2n) is 5.13. The SMILES string of the molecule is Cc1ccc(Nc2nnc(CNCC(C)C)o2)c(F)c1. The van der Waals surface area contributed by atoms with Gasteiger partial charge in [-0.2, -0.15) is 0 Å². The highest BCUT2D eigenvalue weighted by molar-refractivity contribution is 5.53. The first-order valence-corrected chi connectivity index (χ1v) is 6.61. The Morgan fingerprint density at radius 3 is 2.80 bits per heavy atom. The predicted octanol–water partition coefficient (Wildman–Crippen LogP) is 3.01. The Bertz CT molecular complexity index is 568. The maximum absolute atomic E-state index is 13.7. The van der Waals surface area contributed by atoms with Gasteiger partial charge in [-0.25, -0.2) is 4.39 Å². The number of rotatable bonds is 6. The van der Waals surface area contributed by atoms with Gasteiger partial charge in [0.2, 0.25) is 5.89 Å². The zero-order chi connectivity index (χ0) is 14.5. The lowest BCUT2D eigenvalue weighted by Crippen LogP contribution is -2.19. The smallest absolute Gasteiger partial charge is 0.320 e. The third kappa shape index (κ3) is 4.03. The Morgan fingerprint density at radius 2 is 2.10 bits per heavy atom. The summed E-state index contributed by atoms with van der Waals surface area (Å²) in [4.78, 5) is 0. The van der Waals surface area contributed by atoms with E-state index in [4.69, 9.17) is 4.42 Å². The van der Waals surface area contributed by atoms with Crippen molar-refractivity contribution in [3.8, 4) is 0 Å². The molecule has 2 N–H and O–H groups in total. The van der Waals surface area contributed by atoms with E-state index in [0.29, 0.717) is 24.0 Å². The summed E-state index contributed by atoms with van der Waals surface area (Å²) in [6.45, 7) is 7.45. The summed E-state index contributed by atoms with van der Waals surface area (Å²) in [6, 6.07) is 5.09. The van der Waals surface area contributed by atoms with Crippen molar-refractivity contribution in [2.75, 3.05) is 11.9 Å². The fourth-order valence-corrected chi connectivity index (χ4v) is 1.68. The van der Waals surface area contributed by atoms with E-state index >= 15 is 0 Å². The summed E-state index contributed by atoms with van der Waals surface area (Å²) in [5, 5.41) is 13.7. The van der Waals surface area contributed by atoms with Gasteiger partial charge in [0.25, 0.3) is 0 Å². The van der Waals surface area contributed by atoms with E-state index in [1.54, 1.807) is 6.07 Å². The van der Waals surface area contributed by atoms with Crippen LogP contribution in [-0.2, 0) is 6.54 Å². The predicted molar refractivity (Wildman–Crippen MR) is 75.3 cm³/mol. The van der Waals surface area contributed by atoms with Gasteiger partial charge in [-0.3, -0.25) is 0 Å². The zero-order valence-corrected chi connectivity index (χ0v) is 11.9. The first-order chi connectivity index (χ1) is 9.54. The molecule has 2 rings (SSSR count). The standard InChI is InChI=1S/C14H19FN4O/c1-9(2)7-16-8-13-18-19-14(20-13)17-12-5-4-10(3)6-11(12)15/h4-6,9,16H,7-8H2,1-3H3,(H,17,19). The molecule has 2 aromatic rings. The molecule has 0 saturated heterocycles. The van der Waals surface area contributed by atoms with Crippen molar-refractivity contribution in [2.24, 2.45) is 5.92 Å². The van der Waals surface area contributed by atoms with Crippen LogP contribution in [0.4, 0.5) is 16.1 Å². The van der Waals surface area contributed by atoms with Crippen LogP contribution in [0.3, 0.4) is 0 Å². The van der Waals surface area contributed by atoms with Crippen LogP contribution in [0.15, 0.2) is 22.6 Å². The van der Waals surface area contributed by atoms with Gasteiger partial charge in [0.05, 0.1) is 12.2 Å². The van der Waals surface area contributed by atoms with Crippen LogP contribution in [0.25, 0.3) is 0 Å². The van der Waals surface area contributed by atoms with Crippen LogP contribution >= 0.6 is 0 Å². The lowest BCUT2D eigenvalue weighted by atomic mass is 10.2. The molecular weight excluding hydrogens is 259 g/mol. The third-order valence-corrected chi connectivity index (χ3v) is 2.66. The van der Waals surface area contributed by atoms with Gasteiger partial charge in [0, 0.05) is 0 Å². The largest absolute Gasteiger partial charge is 0.406 e. The minimum absolute atomic E-state index is 0.189. The monoisotopic (exact) mass is 278 g/mol. The fourth-order valence-electron chi connectivity index (χ4n) is 1.68. The van der Waals surface area contributed by atoms with Crippen LogP contribution in [-0.4, -0.2) is 16.7 Å². The Morgan fingerprint density at radius 1 is 1.30 bits per heavy atom. The highest BCUT2D eigenvalue weighted by atomic mass is 19.1. The fraction of sp³-hybridized carbons (Fsp3) is 0.429. The van der Waals surface area contributed by atoms with Crippen molar-refractivity contribution >= 4 is 11.7 Å². The summed E-state index contributed by atoms with van der Waals surface area (Å²) < 4.78 is 19.1. The molecule has 1 aromatic heterocycles. The normalized spacial score (nSPS) is 11.1. The second-order valence-corrected chi connectivity index (χ2v) is 5.13. The molecule has 0 unspecified atom stereocenters. The van der Waals surface area contributed by atoms with E-state index in [0.717, 1.165) is 12.1 Å². The molecular formula is C14H19FN4O. The van der Waals surface area contributed by atoms with Gasteiger partial charge in [0.1, 0.15) is 5.82 Å². The van der Waals surface area contributed by atoms with Gasteiger partial charge < -0.3 is 15.1 Å². The summed E-state index contributed by atoms with van der Waals surface area (Å²) in [5.74, 6) is 0.681. The topological polar surface area (TPSA) is 63.0 Å². The molecule has 0 aliphatic carbocycles. The summed E-state index contributed by atoms with van der Waals surface area (Å²) in [6.07, 6.45) is 0. The number of hydrogen-bond donors (Lipinski definition) is 2. The number of halogens is 1. The number of hydrogen-bond acceptors (Lipinski definition) is 5. The molecule has 0 aliphatic heterocycles. The van der Waals surface area contributed by atoms with E-state index in [1.807, 2.05) is 13.0 Å². The van der Waals surface area contributed by atoms with Crippen molar-refractivity contribution < 1.29 is 8.81 Å². The minimum atomic E-state index is -0.345. The molecule has 1 heterocycles. The number of nitrogens with zero attached hydrogens (tertiary/aromatic N) is 2. The molecule has 20 heavy (non-hydrogen) atoms. The van der Waals surface area contributed by atoms with E-state index in [1.165, 1.54) is 6.07 Å². The first kappa shape index (κ1) is 14.5. The molecule has 0 spiro atoms. The lowest BCUT2D eigenvalue weighted by molar-refractivity contribution is 0.460. The minimum Gasteiger partial charge on any atom is -0.406 e. The van der Waals surface area contributed by atoms with Crippen LogP contribution in [0.2, 0.25) is 0 Å². The van der Waals surface area contributed by atoms with Crippen molar-refractivity contribution in [1.82, 2.24) is 15.5 Å². The molecule has 0 amide bonds. The lowest BCUT2D eigenvalue weighted by Gasteiger charge is -2.04. The molecule has 0 fully saturated rings. The van der Waals surface area contributed by atoms with Gasteiger partial charge in [-0.15, -0.1) is 5.10 Å². The van der Waals surface area contributed by atoms with Crippen molar-refractivity contribution in [1.29, 1.82) is 0 Å². The molecule has 0 saturated carbocycles. The van der Waals surface area contributed by atoms with Crippen molar-refractivity contribution in [2.45, 2.75) is 27.3 Å². The summed E-state index contributed by atoms with van der Waals surface area (Å²) in [5.41, 5.74) is 1.18. The number of anilines is 2. The van der Waals surface area contributed by atoms with E-state index in [9.17, 15) is 4.39 Å². The molecule has 0 bridgehead atoms. The number of nitrogens with one attached hydrogen (secondary N) is 2. The molecule has 1 aromatic carbocycles. The van der Waals surface area contributed by atoms with Crippen LogP contribution < -0.4 is 10.6 Å². The average Bonchev–Trinajstić information content (AvgIpc) is 2.80. The Hall–Kier alpha value is -1.95.